The molecule has 1 fully saturated rings. The minimum absolute atomic E-state index is 0.0376. The summed E-state index contributed by atoms with van der Waals surface area (Å²) in [4.78, 5) is 19.8. The van der Waals surface area contributed by atoms with Crippen LogP contribution in [0.2, 0.25) is 0 Å². The number of amides is 1. The van der Waals surface area contributed by atoms with Crippen molar-refractivity contribution >= 4 is 11.6 Å². The molecule has 0 saturated carbocycles. The Hall–Kier alpha value is -2.69. The molecule has 0 N–H and O–H groups in total. The molecule has 1 saturated heterocycles. The van der Waals surface area contributed by atoms with Crippen molar-refractivity contribution in [2.75, 3.05) is 13.1 Å². The van der Waals surface area contributed by atoms with E-state index in [2.05, 4.69) is 20.8 Å². The summed E-state index contributed by atoms with van der Waals surface area (Å²) in [5.74, 6) is 0.0376. The van der Waals surface area contributed by atoms with Crippen LogP contribution in [0.25, 0.3) is 16.9 Å². The van der Waals surface area contributed by atoms with Crippen LogP contribution in [0.1, 0.15) is 49.8 Å². The molecule has 0 radical (unpaired) electrons. The Morgan fingerprint density at radius 3 is 2.38 bits per heavy atom. The van der Waals surface area contributed by atoms with E-state index in [4.69, 9.17) is 10.1 Å². The molecule has 0 aliphatic carbocycles. The van der Waals surface area contributed by atoms with Crippen molar-refractivity contribution in [2.45, 2.75) is 39.0 Å². The molecule has 0 spiro atoms. The van der Waals surface area contributed by atoms with E-state index in [-0.39, 0.29) is 11.3 Å². The van der Waals surface area contributed by atoms with Crippen LogP contribution in [0.15, 0.2) is 42.5 Å². The third kappa shape index (κ3) is 2.98. The van der Waals surface area contributed by atoms with Crippen molar-refractivity contribution in [3.05, 3.63) is 53.9 Å². The van der Waals surface area contributed by atoms with Gasteiger partial charge in [-0.3, -0.25) is 4.79 Å². The Labute approximate surface area is 153 Å². The van der Waals surface area contributed by atoms with Crippen LogP contribution in [-0.2, 0) is 5.41 Å². The normalized spacial score (nSPS) is 15.0. The van der Waals surface area contributed by atoms with Crippen LogP contribution in [0.5, 0.6) is 0 Å². The van der Waals surface area contributed by atoms with Gasteiger partial charge in [-0.05, 0) is 18.9 Å². The number of rotatable bonds is 2. The maximum atomic E-state index is 13.1. The molecule has 1 aliphatic heterocycles. The fourth-order valence-corrected chi connectivity index (χ4v) is 3.33. The van der Waals surface area contributed by atoms with E-state index in [0.29, 0.717) is 5.69 Å². The summed E-state index contributed by atoms with van der Waals surface area (Å²) in [5.41, 5.74) is 3.95. The standard InChI is InChI=1S/C21H24N4O/c1-21(2,3)18-14-19-22-16(15-9-5-4-6-10-15)13-17(25(19)23-18)20(26)24-11-7-8-12-24/h4-6,9-10,13-14H,7-8,11-12H2,1-3H3. The summed E-state index contributed by atoms with van der Waals surface area (Å²) < 4.78 is 1.72. The van der Waals surface area contributed by atoms with Gasteiger partial charge < -0.3 is 4.90 Å². The highest BCUT2D eigenvalue weighted by molar-refractivity contribution is 5.94. The summed E-state index contributed by atoms with van der Waals surface area (Å²) in [7, 11) is 0. The lowest BCUT2D eigenvalue weighted by Crippen LogP contribution is -2.29. The van der Waals surface area contributed by atoms with Crippen LogP contribution in [-0.4, -0.2) is 38.5 Å². The zero-order valence-electron chi connectivity index (χ0n) is 15.6. The van der Waals surface area contributed by atoms with Crippen molar-refractivity contribution < 1.29 is 4.79 Å². The second kappa shape index (κ2) is 6.24. The van der Waals surface area contributed by atoms with Gasteiger partial charge in [0.15, 0.2) is 5.65 Å². The van der Waals surface area contributed by atoms with Crippen molar-refractivity contribution in [2.24, 2.45) is 0 Å². The third-order valence-corrected chi connectivity index (χ3v) is 4.88. The summed E-state index contributed by atoms with van der Waals surface area (Å²) in [6.45, 7) is 7.99. The fourth-order valence-electron chi connectivity index (χ4n) is 3.33. The lowest BCUT2D eigenvalue weighted by atomic mass is 9.93. The van der Waals surface area contributed by atoms with E-state index < -0.39 is 0 Å². The van der Waals surface area contributed by atoms with Gasteiger partial charge in [0.2, 0.25) is 0 Å². The topological polar surface area (TPSA) is 50.5 Å². The molecule has 4 rings (SSSR count). The van der Waals surface area contributed by atoms with E-state index in [0.717, 1.165) is 48.5 Å². The number of hydrogen-bond donors (Lipinski definition) is 0. The van der Waals surface area contributed by atoms with Gasteiger partial charge in [-0.25, -0.2) is 9.50 Å². The largest absolute Gasteiger partial charge is 0.337 e. The number of aromatic nitrogens is 3. The molecule has 26 heavy (non-hydrogen) atoms. The maximum absolute atomic E-state index is 13.1. The molecule has 0 unspecified atom stereocenters. The van der Waals surface area contributed by atoms with Gasteiger partial charge in [-0.1, -0.05) is 51.1 Å². The number of nitrogens with zero attached hydrogens (tertiary/aromatic N) is 4. The number of hydrogen-bond acceptors (Lipinski definition) is 3. The second-order valence-electron chi connectivity index (χ2n) is 7.94. The summed E-state index contributed by atoms with van der Waals surface area (Å²) in [5, 5.41) is 4.72. The number of benzene rings is 1. The molecule has 3 heterocycles. The molecule has 3 aromatic rings. The first-order valence-electron chi connectivity index (χ1n) is 9.19. The predicted molar refractivity (Wildman–Crippen MR) is 102 cm³/mol. The van der Waals surface area contributed by atoms with Crippen LogP contribution < -0.4 is 0 Å². The minimum Gasteiger partial charge on any atom is -0.337 e. The molecular formula is C21H24N4O. The van der Waals surface area contributed by atoms with Crippen LogP contribution >= 0.6 is 0 Å². The van der Waals surface area contributed by atoms with Gasteiger partial charge in [-0.2, -0.15) is 5.10 Å². The molecule has 134 valence electrons. The zero-order chi connectivity index (χ0) is 18.3. The molecular weight excluding hydrogens is 324 g/mol. The lowest BCUT2D eigenvalue weighted by Gasteiger charge is -2.17. The Balaban J connectivity index is 1.91. The van der Waals surface area contributed by atoms with E-state index >= 15 is 0 Å². The zero-order valence-corrected chi connectivity index (χ0v) is 15.6. The molecule has 0 atom stereocenters. The van der Waals surface area contributed by atoms with E-state index in [1.807, 2.05) is 47.4 Å². The Kier molecular flexibility index (Phi) is 4.02. The van der Waals surface area contributed by atoms with Crippen LogP contribution in [0.4, 0.5) is 0 Å². The summed E-state index contributed by atoms with van der Waals surface area (Å²) >= 11 is 0. The maximum Gasteiger partial charge on any atom is 0.272 e. The van der Waals surface area contributed by atoms with Gasteiger partial charge in [-0.15, -0.1) is 0 Å². The van der Waals surface area contributed by atoms with Gasteiger partial charge in [0.05, 0.1) is 11.4 Å². The highest BCUT2D eigenvalue weighted by Gasteiger charge is 2.25. The number of carbonyl (C=O) groups excluding carboxylic acids is 1. The quantitative estimate of drug-likeness (QED) is 0.705. The van der Waals surface area contributed by atoms with Crippen molar-refractivity contribution in [1.82, 2.24) is 19.5 Å². The number of carbonyl (C=O) groups is 1. The van der Waals surface area contributed by atoms with Gasteiger partial charge >= 0.3 is 0 Å². The monoisotopic (exact) mass is 348 g/mol. The first kappa shape index (κ1) is 16.8. The Bertz CT molecular complexity index is 947. The second-order valence-corrected chi connectivity index (χ2v) is 7.94. The van der Waals surface area contributed by atoms with Gasteiger partial charge in [0.1, 0.15) is 5.69 Å². The molecule has 2 aromatic heterocycles. The van der Waals surface area contributed by atoms with E-state index in [9.17, 15) is 4.79 Å². The molecule has 5 nitrogen and oxygen atoms in total. The smallest absolute Gasteiger partial charge is 0.272 e. The third-order valence-electron chi connectivity index (χ3n) is 4.88. The molecule has 1 amide bonds. The number of fused-ring (bicyclic) bond motifs is 1. The van der Waals surface area contributed by atoms with Crippen molar-refractivity contribution in [3.8, 4) is 11.3 Å². The minimum atomic E-state index is -0.103. The van der Waals surface area contributed by atoms with E-state index in [1.54, 1.807) is 4.52 Å². The summed E-state index contributed by atoms with van der Waals surface area (Å²) in [6, 6.07) is 13.9. The molecule has 5 heteroatoms. The average molecular weight is 348 g/mol. The Morgan fingerprint density at radius 2 is 1.73 bits per heavy atom. The first-order chi connectivity index (χ1) is 12.4. The van der Waals surface area contributed by atoms with Crippen molar-refractivity contribution in [3.63, 3.8) is 0 Å². The van der Waals surface area contributed by atoms with Gasteiger partial charge in [0.25, 0.3) is 5.91 Å². The van der Waals surface area contributed by atoms with Gasteiger partial charge in [0, 0.05) is 30.1 Å². The first-order valence-corrected chi connectivity index (χ1v) is 9.19. The SMILES string of the molecule is CC(C)(C)c1cc2nc(-c3ccccc3)cc(C(=O)N3CCCC3)n2n1. The van der Waals surface area contributed by atoms with Crippen LogP contribution in [0, 0.1) is 0 Å². The predicted octanol–water partition coefficient (Wildman–Crippen LogP) is 3.93. The van der Waals surface area contributed by atoms with Crippen molar-refractivity contribution in [1.29, 1.82) is 0 Å². The number of likely N-dealkylation sites (tertiary alicyclic amines) is 1. The highest BCUT2D eigenvalue weighted by Crippen LogP contribution is 2.26. The van der Waals surface area contributed by atoms with Crippen LogP contribution in [0.3, 0.4) is 0 Å². The average Bonchev–Trinajstić information content (AvgIpc) is 3.30. The molecule has 1 aromatic carbocycles. The molecule has 0 bridgehead atoms. The fraction of sp³-hybridized carbons (Fsp3) is 0.381. The summed E-state index contributed by atoms with van der Waals surface area (Å²) in [6.07, 6.45) is 2.13. The molecule has 1 aliphatic rings. The highest BCUT2D eigenvalue weighted by atomic mass is 16.2. The van der Waals surface area contributed by atoms with E-state index in [1.165, 1.54) is 0 Å². The lowest BCUT2D eigenvalue weighted by molar-refractivity contribution is 0.0784. The Morgan fingerprint density at radius 1 is 1.04 bits per heavy atom.